The van der Waals surface area contributed by atoms with Gasteiger partial charge in [-0.3, -0.25) is 4.79 Å². The van der Waals surface area contributed by atoms with Crippen LogP contribution in [0.5, 0.6) is 0 Å². The third kappa shape index (κ3) is 2.74. The minimum absolute atomic E-state index is 0.169. The summed E-state index contributed by atoms with van der Waals surface area (Å²) in [5.74, 6) is -0.169. The molecule has 0 aliphatic heterocycles. The summed E-state index contributed by atoms with van der Waals surface area (Å²) in [6, 6.07) is 5.44. The van der Waals surface area contributed by atoms with Crippen molar-refractivity contribution in [2.45, 2.75) is 13.5 Å². The smallest absolute Gasteiger partial charge is 0.263 e. The number of nitrogens with zero attached hydrogens (tertiary/aromatic N) is 1. The van der Waals surface area contributed by atoms with E-state index in [4.69, 9.17) is 17.3 Å². The third-order valence-corrected chi connectivity index (χ3v) is 5.49. The van der Waals surface area contributed by atoms with Crippen LogP contribution in [-0.2, 0) is 6.54 Å². The van der Waals surface area contributed by atoms with Gasteiger partial charge in [-0.25, -0.2) is 4.98 Å². The van der Waals surface area contributed by atoms with Gasteiger partial charge in [0.15, 0.2) is 0 Å². The van der Waals surface area contributed by atoms with Gasteiger partial charge in [-0.05, 0) is 25.1 Å². The molecule has 0 radical (unpaired) electrons. The number of fused-ring (bicyclic) bond motifs is 1. The molecule has 0 atom stereocenters. The summed E-state index contributed by atoms with van der Waals surface area (Å²) in [7, 11) is 0. The van der Waals surface area contributed by atoms with Crippen molar-refractivity contribution < 1.29 is 4.79 Å². The van der Waals surface area contributed by atoms with Gasteiger partial charge < -0.3 is 11.1 Å². The van der Waals surface area contributed by atoms with Crippen molar-refractivity contribution >= 4 is 56.0 Å². The number of aryl methyl sites for hydroxylation is 1. The van der Waals surface area contributed by atoms with E-state index in [2.05, 4.69) is 10.3 Å². The number of aromatic nitrogens is 1. The van der Waals surface area contributed by atoms with E-state index >= 15 is 0 Å². The first-order valence-electron chi connectivity index (χ1n) is 6.21. The molecule has 0 fully saturated rings. The fraction of sp³-hybridized carbons (Fsp3) is 0.143. The lowest BCUT2D eigenvalue weighted by molar-refractivity contribution is 0.0956. The van der Waals surface area contributed by atoms with Gasteiger partial charge in [-0.15, -0.1) is 22.7 Å². The quantitative estimate of drug-likeness (QED) is 0.763. The van der Waals surface area contributed by atoms with Gasteiger partial charge in [0, 0.05) is 20.0 Å². The largest absolute Gasteiger partial charge is 0.397 e. The summed E-state index contributed by atoms with van der Waals surface area (Å²) in [6.45, 7) is 2.39. The zero-order chi connectivity index (χ0) is 15.0. The van der Waals surface area contributed by atoms with Crippen molar-refractivity contribution in [2.24, 2.45) is 0 Å². The van der Waals surface area contributed by atoms with Gasteiger partial charge >= 0.3 is 0 Å². The molecule has 0 unspecified atom stereocenters. The molecule has 1 amide bonds. The van der Waals surface area contributed by atoms with Crippen LogP contribution < -0.4 is 11.1 Å². The van der Waals surface area contributed by atoms with Gasteiger partial charge in [0.25, 0.3) is 5.91 Å². The lowest BCUT2D eigenvalue weighted by Crippen LogP contribution is -2.22. The molecule has 7 heteroatoms. The summed E-state index contributed by atoms with van der Waals surface area (Å²) in [5, 5.41) is 4.39. The molecule has 4 nitrogen and oxygen atoms in total. The number of thiophene rings is 1. The van der Waals surface area contributed by atoms with Crippen LogP contribution in [0.1, 0.15) is 20.2 Å². The van der Waals surface area contributed by atoms with E-state index in [0.717, 1.165) is 20.7 Å². The van der Waals surface area contributed by atoms with E-state index in [1.54, 1.807) is 11.6 Å². The Kier molecular flexibility index (Phi) is 3.84. The standard InChI is InChI=1S/C14H12ClN3OS2/c1-7-11(20-6-18-7)5-17-14(19)13-12(16)9-3-2-8(15)4-10(9)21-13/h2-4,6H,5,16H2,1H3,(H,17,19). The lowest BCUT2D eigenvalue weighted by atomic mass is 10.2. The zero-order valence-electron chi connectivity index (χ0n) is 11.1. The number of hydrogen-bond acceptors (Lipinski definition) is 5. The second-order valence-electron chi connectivity index (χ2n) is 4.53. The van der Waals surface area contributed by atoms with Crippen LogP contribution in [-0.4, -0.2) is 10.9 Å². The maximum Gasteiger partial charge on any atom is 0.263 e. The minimum atomic E-state index is -0.169. The Morgan fingerprint density at radius 2 is 2.29 bits per heavy atom. The third-order valence-electron chi connectivity index (χ3n) is 3.15. The summed E-state index contributed by atoms with van der Waals surface area (Å²) >= 11 is 8.85. The Balaban J connectivity index is 1.84. The zero-order valence-corrected chi connectivity index (χ0v) is 13.5. The Labute approximate surface area is 134 Å². The monoisotopic (exact) mass is 337 g/mol. The number of hydrogen-bond donors (Lipinski definition) is 2. The first kappa shape index (κ1) is 14.3. The molecule has 2 aromatic heterocycles. The first-order valence-corrected chi connectivity index (χ1v) is 8.28. The molecule has 0 bridgehead atoms. The number of anilines is 1. The molecule has 0 spiro atoms. The van der Waals surface area contributed by atoms with Crippen molar-refractivity contribution in [1.82, 2.24) is 10.3 Å². The fourth-order valence-electron chi connectivity index (χ4n) is 2.00. The highest BCUT2D eigenvalue weighted by Gasteiger charge is 2.16. The minimum Gasteiger partial charge on any atom is -0.397 e. The predicted molar refractivity (Wildman–Crippen MR) is 89.3 cm³/mol. The average Bonchev–Trinajstić information content (AvgIpc) is 3.00. The number of rotatable bonds is 3. The van der Waals surface area contributed by atoms with Crippen LogP contribution in [0, 0.1) is 6.92 Å². The van der Waals surface area contributed by atoms with E-state index in [9.17, 15) is 4.79 Å². The summed E-state index contributed by atoms with van der Waals surface area (Å²) in [5.41, 5.74) is 9.28. The van der Waals surface area contributed by atoms with Crippen molar-refractivity contribution in [1.29, 1.82) is 0 Å². The number of amides is 1. The van der Waals surface area contributed by atoms with Crippen LogP contribution in [0.3, 0.4) is 0 Å². The number of halogens is 1. The number of benzene rings is 1. The van der Waals surface area contributed by atoms with E-state index in [1.165, 1.54) is 22.7 Å². The Hall–Kier alpha value is -1.63. The van der Waals surface area contributed by atoms with Gasteiger partial charge in [-0.1, -0.05) is 11.6 Å². The molecule has 0 aliphatic carbocycles. The van der Waals surface area contributed by atoms with Crippen molar-refractivity contribution in [2.75, 3.05) is 5.73 Å². The molecule has 3 aromatic rings. The molecule has 3 N–H and O–H groups in total. The van der Waals surface area contributed by atoms with E-state index in [0.29, 0.717) is 22.1 Å². The van der Waals surface area contributed by atoms with Gasteiger partial charge in [0.05, 0.1) is 23.4 Å². The van der Waals surface area contributed by atoms with Crippen LogP contribution in [0.25, 0.3) is 10.1 Å². The Bertz CT molecular complexity index is 825. The van der Waals surface area contributed by atoms with Crippen LogP contribution in [0.4, 0.5) is 5.69 Å². The topological polar surface area (TPSA) is 68.0 Å². The number of nitrogens with one attached hydrogen (secondary N) is 1. The van der Waals surface area contributed by atoms with Crippen molar-refractivity contribution in [3.8, 4) is 0 Å². The maximum atomic E-state index is 12.3. The van der Waals surface area contributed by atoms with Crippen LogP contribution in [0.2, 0.25) is 5.02 Å². The highest BCUT2D eigenvalue weighted by atomic mass is 35.5. The predicted octanol–water partition coefficient (Wildman–Crippen LogP) is 3.83. The van der Waals surface area contributed by atoms with E-state index in [1.807, 2.05) is 19.1 Å². The van der Waals surface area contributed by atoms with Gasteiger partial charge in [0.1, 0.15) is 4.88 Å². The summed E-state index contributed by atoms with van der Waals surface area (Å²) < 4.78 is 0.916. The van der Waals surface area contributed by atoms with Crippen LogP contribution >= 0.6 is 34.3 Å². The number of thiazole rings is 1. The average molecular weight is 338 g/mol. The van der Waals surface area contributed by atoms with E-state index < -0.39 is 0 Å². The van der Waals surface area contributed by atoms with Crippen LogP contribution in [0.15, 0.2) is 23.7 Å². The normalized spacial score (nSPS) is 11.0. The molecule has 0 aliphatic rings. The lowest BCUT2D eigenvalue weighted by Gasteiger charge is -2.03. The number of nitrogen functional groups attached to an aromatic ring is 1. The summed E-state index contributed by atoms with van der Waals surface area (Å²) in [6.07, 6.45) is 0. The molecule has 1 aromatic carbocycles. The second-order valence-corrected chi connectivity index (χ2v) is 6.96. The van der Waals surface area contributed by atoms with Gasteiger partial charge in [-0.2, -0.15) is 0 Å². The number of carbonyl (C=O) groups is 1. The SMILES string of the molecule is Cc1ncsc1CNC(=O)c1sc2cc(Cl)ccc2c1N. The maximum absolute atomic E-state index is 12.3. The molecule has 0 saturated carbocycles. The Morgan fingerprint density at radius 1 is 1.48 bits per heavy atom. The molecule has 21 heavy (non-hydrogen) atoms. The highest BCUT2D eigenvalue weighted by Crippen LogP contribution is 2.35. The molecule has 3 rings (SSSR count). The first-order chi connectivity index (χ1) is 10.1. The molecule has 108 valence electrons. The molecular formula is C14H12ClN3OS2. The Morgan fingerprint density at radius 3 is 3.00 bits per heavy atom. The second kappa shape index (κ2) is 5.63. The van der Waals surface area contributed by atoms with E-state index in [-0.39, 0.29) is 5.91 Å². The highest BCUT2D eigenvalue weighted by molar-refractivity contribution is 7.21. The van der Waals surface area contributed by atoms with Crippen molar-refractivity contribution in [3.63, 3.8) is 0 Å². The molecule has 0 saturated heterocycles. The molecule has 2 heterocycles. The van der Waals surface area contributed by atoms with Gasteiger partial charge in [0.2, 0.25) is 0 Å². The number of nitrogens with two attached hydrogens (primary N) is 1. The molecular weight excluding hydrogens is 326 g/mol. The van der Waals surface area contributed by atoms with Crippen molar-refractivity contribution in [3.05, 3.63) is 44.2 Å². The summed E-state index contributed by atoms with van der Waals surface area (Å²) in [4.78, 5) is 18.0. The fourth-order valence-corrected chi connectivity index (χ4v) is 4.03. The number of carbonyl (C=O) groups excluding carboxylic acids is 1.